The third kappa shape index (κ3) is 4.82. The highest BCUT2D eigenvalue weighted by Crippen LogP contribution is 2.19. The molecule has 1 fully saturated rings. The molecule has 0 bridgehead atoms. The number of halogens is 2. The molecule has 1 unspecified atom stereocenters. The van der Waals surface area contributed by atoms with Gasteiger partial charge in [0, 0.05) is 36.1 Å². The summed E-state index contributed by atoms with van der Waals surface area (Å²) in [5.41, 5.74) is 0.645. The molecule has 1 aliphatic heterocycles. The molecule has 1 aromatic heterocycles. The van der Waals surface area contributed by atoms with E-state index >= 15 is 0 Å². The lowest BCUT2D eigenvalue weighted by Crippen LogP contribution is -2.49. The number of amides is 2. The molecule has 2 aromatic rings. The number of rotatable bonds is 5. The van der Waals surface area contributed by atoms with Gasteiger partial charge in [-0.2, -0.15) is 11.3 Å². The minimum absolute atomic E-state index is 0.0175. The number of carbonyl (C=O) groups is 2. The molecule has 27 heavy (non-hydrogen) atoms. The number of nitrogens with zero attached hydrogens (tertiary/aromatic N) is 1. The van der Waals surface area contributed by atoms with Crippen LogP contribution < -0.4 is 10.1 Å². The molecule has 8 heteroatoms. The molecule has 1 aromatic carbocycles. The van der Waals surface area contributed by atoms with Crippen LogP contribution in [0.1, 0.15) is 30.1 Å². The van der Waals surface area contributed by atoms with Crippen LogP contribution in [0.5, 0.6) is 5.75 Å². The van der Waals surface area contributed by atoms with Gasteiger partial charge in [-0.25, -0.2) is 8.78 Å². The van der Waals surface area contributed by atoms with Gasteiger partial charge in [0.25, 0.3) is 11.8 Å². The predicted molar refractivity (Wildman–Crippen MR) is 97.8 cm³/mol. The zero-order chi connectivity index (χ0) is 19.4. The molecule has 0 radical (unpaired) electrons. The van der Waals surface area contributed by atoms with Crippen LogP contribution in [0.15, 0.2) is 35.0 Å². The van der Waals surface area contributed by atoms with E-state index < -0.39 is 17.7 Å². The number of piperidine rings is 1. The van der Waals surface area contributed by atoms with E-state index in [1.165, 1.54) is 17.4 Å². The third-order valence-electron chi connectivity index (χ3n) is 4.48. The molecule has 0 saturated carbocycles. The highest BCUT2D eigenvalue weighted by molar-refractivity contribution is 7.08. The van der Waals surface area contributed by atoms with Gasteiger partial charge < -0.3 is 15.0 Å². The predicted octanol–water partition coefficient (Wildman–Crippen LogP) is 3.21. The molecule has 1 N–H and O–H groups in total. The van der Waals surface area contributed by atoms with Gasteiger partial charge in [0.1, 0.15) is 5.75 Å². The second kappa shape index (κ2) is 8.47. The normalized spacial score (nSPS) is 16.0. The average Bonchev–Trinajstić information content (AvgIpc) is 3.20. The zero-order valence-electron chi connectivity index (χ0n) is 14.8. The maximum atomic E-state index is 13.3. The molecular weight excluding hydrogens is 374 g/mol. The van der Waals surface area contributed by atoms with Gasteiger partial charge >= 0.3 is 0 Å². The summed E-state index contributed by atoms with van der Waals surface area (Å²) in [6, 6.07) is 4.96. The van der Waals surface area contributed by atoms with E-state index in [1.807, 2.05) is 5.38 Å². The van der Waals surface area contributed by atoms with Gasteiger partial charge in [0.2, 0.25) is 0 Å². The van der Waals surface area contributed by atoms with Crippen molar-refractivity contribution < 1.29 is 23.1 Å². The summed E-state index contributed by atoms with van der Waals surface area (Å²) in [5.74, 6) is -2.20. The molecule has 3 rings (SSSR count). The Morgan fingerprint density at radius 1 is 1.22 bits per heavy atom. The number of likely N-dealkylation sites (tertiary alicyclic amines) is 1. The molecule has 1 atom stereocenters. The maximum absolute atomic E-state index is 13.3. The molecule has 1 saturated heterocycles. The van der Waals surface area contributed by atoms with Crippen LogP contribution in [0.3, 0.4) is 0 Å². The molecule has 2 heterocycles. The topological polar surface area (TPSA) is 58.6 Å². The second-order valence-electron chi connectivity index (χ2n) is 6.42. The van der Waals surface area contributed by atoms with Crippen LogP contribution in [0.4, 0.5) is 8.78 Å². The number of ether oxygens (including phenoxy) is 1. The van der Waals surface area contributed by atoms with E-state index in [9.17, 15) is 18.4 Å². The van der Waals surface area contributed by atoms with E-state index in [0.717, 1.165) is 12.1 Å². The lowest BCUT2D eigenvalue weighted by Gasteiger charge is -2.33. The lowest BCUT2D eigenvalue weighted by atomic mass is 10.0. The first kappa shape index (κ1) is 19.3. The Kier molecular flexibility index (Phi) is 6.05. The molecule has 5 nitrogen and oxygen atoms in total. The Bertz CT molecular complexity index is 805. The standard InChI is InChI=1S/C19H20F2N2O3S/c1-12(26-15-2-3-16(20)17(21)10-15)19(25)23-7-4-14(5-8-23)22-18(24)13-6-9-27-11-13/h2-3,6,9-12,14H,4-5,7-8H2,1H3,(H,22,24). The summed E-state index contributed by atoms with van der Waals surface area (Å²) < 4.78 is 31.7. The maximum Gasteiger partial charge on any atom is 0.263 e. The van der Waals surface area contributed by atoms with E-state index in [-0.39, 0.29) is 23.6 Å². The van der Waals surface area contributed by atoms with Crippen molar-refractivity contribution in [1.29, 1.82) is 0 Å². The molecule has 144 valence electrons. The smallest absolute Gasteiger partial charge is 0.263 e. The van der Waals surface area contributed by atoms with E-state index in [0.29, 0.717) is 31.5 Å². The number of nitrogens with one attached hydrogen (secondary N) is 1. The summed E-state index contributed by atoms with van der Waals surface area (Å²) in [7, 11) is 0. The average molecular weight is 394 g/mol. The Balaban J connectivity index is 1.48. The highest BCUT2D eigenvalue weighted by atomic mass is 32.1. The van der Waals surface area contributed by atoms with Gasteiger partial charge in [-0.05, 0) is 43.3 Å². The number of thiophene rings is 1. The SMILES string of the molecule is CC(Oc1ccc(F)c(F)c1)C(=O)N1CCC(NC(=O)c2ccsc2)CC1. The summed E-state index contributed by atoms with van der Waals surface area (Å²) >= 11 is 1.47. The number of carbonyl (C=O) groups excluding carboxylic acids is 2. The number of hydrogen-bond donors (Lipinski definition) is 1. The van der Waals surface area contributed by atoms with Crippen molar-refractivity contribution in [2.24, 2.45) is 0 Å². The van der Waals surface area contributed by atoms with E-state index in [2.05, 4.69) is 5.32 Å². The van der Waals surface area contributed by atoms with Crippen molar-refractivity contribution >= 4 is 23.2 Å². The molecule has 0 aliphatic carbocycles. The van der Waals surface area contributed by atoms with Crippen LogP contribution in [0.25, 0.3) is 0 Å². The van der Waals surface area contributed by atoms with Crippen LogP contribution in [0, 0.1) is 11.6 Å². The van der Waals surface area contributed by atoms with Gasteiger partial charge in [0.05, 0.1) is 0 Å². The highest BCUT2D eigenvalue weighted by Gasteiger charge is 2.28. The minimum Gasteiger partial charge on any atom is -0.481 e. The molecular formula is C19H20F2N2O3S. The molecule has 0 spiro atoms. The van der Waals surface area contributed by atoms with Crippen LogP contribution in [0.2, 0.25) is 0 Å². The quantitative estimate of drug-likeness (QED) is 0.847. The van der Waals surface area contributed by atoms with E-state index in [4.69, 9.17) is 4.74 Å². The summed E-state index contributed by atoms with van der Waals surface area (Å²) in [6.07, 6.45) is 0.491. The van der Waals surface area contributed by atoms with Crippen molar-refractivity contribution in [3.05, 3.63) is 52.2 Å². The molecule has 1 aliphatic rings. The zero-order valence-corrected chi connectivity index (χ0v) is 15.6. The Morgan fingerprint density at radius 3 is 2.59 bits per heavy atom. The van der Waals surface area contributed by atoms with Crippen molar-refractivity contribution in [2.75, 3.05) is 13.1 Å². The molecule has 2 amide bonds. The fourth-order valence-electron chi connectivity index (χ4n) is 2.97. The van der Waals surface area contributed by atoms with Crippen molar-refractivity contribution in [3.63, 3.8) is 0 Å². The van der Waals surface area contributed by atoms with Crippen LogP contribution in [-0.4, -0.2) is 41.9 Å². The Hall–Kier alpha value is -2.48. The van der Waals surface area contributed by atoms with Gasteiger partial charge in [-0.3, -0.25) is 9.59 Å². The fraction of sp³-hybridized carbons (Fsp3) is 0.368. The first-order valence-electron chi connectivity index (χ1n) is 8.67. The third-order valence-corrected chi connectivity index (χ3v) is 5.16. The van der Waals surface area contributed by atoms with Gasteiger partial charge in [0.15, 0.2) is 17.7 Å². The van der Waals surface area contributed by atoms with Crippen molar-refractivity contribution in [3.8, 4) is 5.75 Å². The number of benzene rings is 1. The van der Waals surface area contributed by atoms with Crippen molar-refractivity contribution in [2.45, 2.75) is 31.9 Å². The Morgan fingerprint density at radius 2 is 1.96 bits per heavy atom. The summed E-state index contributed by atoms with van der Waals surface area (Å²) in [6.45, 7) is 2.58. The summed E-state index contributed by atoms with van der Waals surface area (Å²) in [4.78, 5) is 26.3. The van der Waals surface area contributed by atoms with Crippen LogP contribution in [-0.2, 0) is 4.79 Å². The largest absolute Gasteiger partial charge is 0.481 e. The van der Waals surface area contributed by atoms with Gasteiger partial charge in [-0.15, -0.1) is 0 Å². The first-order chi connectivity index (χ1) is 12.9. The lowest BCUT2D eigenvalue weighted by molar-refractivity contribution is -0.139. The first-order valence-corrected chi connectivity index (χ1v) is 9.62. The Labute approximate surface area is 159 Å². The van der Waals surface area contributed by atoms with Gasteiger partial charge in [-0.1, -0.05) is 0 Å². The monoisotopic (exact) mass is 394 g/mol. The minimum atomic E-state index is -1.02. The number of hydrogen-bond acceptors (Lipinski definition) is 4. The van der Waals surface area contributed by atoms with Crippen LogP contribution >= 0.6 is 11.3 Å². The van der Waals surface area contributed by atoms with E-state index in [1.54, 1.807) is 23.3 Å². The fourth-order valence-corrected chi connectivity index (χ4v) is 3.60. The summed E-state index contributed by atoms with van der Waals surface area (Å²) in [5, 5.41) is 6.63. The van der Waals surface area contributed by atoms with Crippen molar-refractivity contribution in [1.82, 2.24) is 10.2 Å². The second-order valence-corrected chi connectivity index (χ2v) is 7.20.